The van der Waals surface area contributed by atoms with Crippen molar-refractivity contribution in [3.8, 4) is 0 Å². The van der Waals surface area contributed by atoms with Crippen LogP contribution in [-0.4, -0.2) is 22.0 Å². The van der Waals surface area contributed by atoms with Gasteiger partial charge in [-0.1, -0.05) is 11.6 Å². The van der Waals surface area contributed by atoms with Gasteiger partial charge in [0.05, 0.1) is 21.8 Å². The molecular formula is C16H17ClF3N3O. The Morgan fingerprint density at radius 3 is 2.50 bits per heavy atom. The minimum atomic E-state index is -4.48. The van der Waals surface area contributed by atoms with Crippen LogP contribution < -0.4 is 5.32 Å². The van der Waals surface area contributed by atoms with E-state index in [-0.39, 0.29) is 23.9 Å². The second-order valence-corrected chi connectivity index (χ2v) is 5.91. The van der Waals surface area contributed by atoms with Crippen molar-refractivity contribution >= 4 is 17.5 Å². The lowest BCUT2D eigenvalue weighted by molar-refractivity contribution is -0.137. The van der Waals surface area contributed by atoms with Gasteiger partial charge < -0.3 is 9.88 Å². The van der Waals surface area contributed by atoms with E-state index in [1.54, 1.807) is 6.07 Å². The summed E-state index contributed by atoms with van der Waals surface area (Å²) in [7, 11) is 1.87. The number of pyridine rings is 1. The highest BCUT2D eigenvalue weighted by atomic mass is 35.5. The molecule has 1 amide bonds. The largest absolute Gasteiger partial charge is 0.417 e. The molecule has 2 rings (SSSR count). The van der Waals surface area contributed by atoms with Crippen LogP contribution in [-0.2, 0) is 19.6 Å². The van der Waals surface area contributed by atoms with E-state index in [9.17, 15) is 18.0 Å². The highest BCUT2D eigenvalue weighted by Crippen LogP contribution is 2.31. The van der Waals surface area contributed by atoms with Gasteiger partial charge in [-0.15, -0.1) is 0 Å². The Balaban J connectivity index is 1.99. The van der Waals surface area contributed by atoms with Gasteiger partial charge in [0, 0.05) is 37.6 Å². The first-order chi connectivity index (χ1) is 11.1. The van der Waals surface area contributed by atoms with Crippen LogP contribution in [0.3, 0.4) is 0 Å². The summed E-state index contributed by atoms with van der Waals surface area (Å²) in [6.45, 7) is 3.97. The minimum Gasteiger partial charge on any atom is -0.352 e. The molecule has 0 aliphatic heterocycles. The number of aryl methyl sites for hydroxylation is 1. The number of halogens is 4. The van der Waals surface area contributed by atoms with Crippen molar-refractivity contribution in [2.24, 2.45) is 7.05 Å². The van der Waals surface area contributed by atoms with Gasteiger partial charge in [-0.2, -0.15) is 13.2 Å². The summed E-state index contributed by atoms with van der Waals surface area (Å²) in [5, 5.41) is 2.66. The smallest absolute Gasteiger partial charge is 0.352 e. The molecule has 2 aromatic heterocycles. The number of nitrogens with one attached hydrogen (secondary N) is 1. The van der Waals surface area contributed by atoms with Crippen molar-refractivity contribution in [3.05, 3.63) is 51.6 Å². The van der Waals surface area contributed by atoms with Gasteiger partial charge in [-0.3, -0.25) is 9.78 Å². The van der Waals surface area contributed by atoms with E-state index in [1.165, 1.54) is 0 Å². The molecule has 0 unspecified atom stereocenters. The summed E-state index contributed by atoms with van der Waals surface area (Å²) < 4.78 is 39.6. The monoisotopic (exact) mass is 359 g/mol. The minimum absolute atomic E-state index is 0.0641. The topological polar surface area (TPSA) is 46.9 Å². The molecule has 2 heterocycles. The predicted octanol–water partition coefficient (Wildman–Crippen LogP) is 3.68. The third-order valence-corrected chi connectivity index (χ3v) is 4.24. The zero-order chi connectivity index (χ0) is 18.1. The van der Waals surface area contributed by atoms with E-state index in [2.05, 4.69) is 10.3 Å². The Bertz CT molecular complexity index is 769. The third kappa shape index (κ3) is 3.90. The quantitative estimate of drug-likeness (QED) is 0.905. The second kappa shape index (κ2) is 6.84. The maximum Gasteiger partial charge on any atom is 0.417 e. The highest BCUT2D eigenvalue weighted by Gasteiger charge is 2.31. The van der Waals surface area contributed by atoms with Crippen LogP contribution in [0.5, 0.6) is 0 Å². The fourth-order valence-electron chi connectivity index (χ4n) is 2.28. The molecule has 0 aliphatic carbocycles. The zero-order valence-electron chi connectivity index (χ0n) is 13.5. The van der Waals surface area contributed by atoms with E-state index < -0.39 is 11.7 Å². The van der Waals surface area contributed by atoms with Crippen LogP contribution in [0.1, 0.15) is 33.0 Å². The third-order valence-electron chi connectivity index (χ3n) is 3.91. The lowest BCUT2D eigenvalue weighted by atomic mass is 10.2. The molecule has 0 spiro atoms. The van der Waals surface area contributed by atoms with Gasteiger partial charge in [0.2, 0.25) is 0 Å². The van der Waals surface area contributed by atoms with E-state index in [1.807, 2.05) is 25.5 Å². The van der Waals surface area contributed by atoms with Gasteiger partial charge >= 0.3 is 6.18 Å². The van der Waals surface area contributed by atoms with Crippen molar-refractivity contribution in [3.63, 3.8) is 0 Å². The Morgan fingerprint density at radius 1 is 1.33 bits per heavy atom. The lowest BCUT2D eigenvalue weighted by Crippen LogP contribution is -2.26. The zero-order valence-corrected chi connectivity index (χ0v) is 14.2. The van der Waals surface area contributed by atoms with Crippen LogP contribution in [0.15, 0.2) is 18.3 Å². The fourth-order valence-corrected chi connectivity index (χ4v) is 2.54. The van der Waals surface area contributed by atoms with E-state index >= 15 is 0 Å². The molecule has 0 atom stereocenters. The number of carbonyl (C=O) groups excluding carboxylic acids is 1. The van der Waals surface area contributed by atoms with E-state index in [4.69, 9.17) is 11.6 Å². The van der Waals surface area contributed by atoms with Gasteiger partial charge in [-0.25, -0.2) is 0 Å². The summed E-state index contributed by atoms with van der Waals surface area (Å²) in [5.41, 5.74) is 1.80. The lowest BCUT2D eigenvalue weighted by Gasteiger charge is -2.10. The first-order valence-corrected chi connectivity index (χ1v) is 7.61. The van der Waals surface area contributed by atoms with Crippen LogP contribution in [0.4, 0.5) is 13.2 Å². The second-order valence-electron chi connectivity index (χ2n) is 5.50. The maximum absolute atomic E-state index is 12.6. The van der Waals surface area contributed by atoms with Crippen LogP contribution >= 0.6 is 11.6 Å². The Hall–Kier alpha value is -2.02. The van der Waals surface area contributed by atoms with Gasteiger partial charge in [-0.05, 0) is 26.0 Å². The van der Waals surface area contributed by atoms with E-state index in [0.29, 0.717) is 11.3 Å². The number of alkyl halides is 3. The van der Waals surface area contributed by atoms with Crippen molar-refractivity contribution < 1.29 is 18.0 Å². The maximum atomic E-state index is 12.6. The highest BCUT2D eigenvalue weighted by molar-refractivity contribution is 6.31. The first kappa shape index (κ1) is 18.3. The molecule has 0 aliphatic rings. The molecular weight excluding hydrogens is 343 g/mol. The molecule has 0 radical (unpaired) electrons. The average Bonchev–Trinajstić information content (AvgIpc) is 2.75. The summed E-state index contributed by atoms with van der Waals surface area (Å²) in [6.07, 6.45) is -3.49. The first-order valence-electron chi connectivity index (χ1n) is 7.24. The van der Waals surface area contributed by atoms with Crippen molar-refractivity contribution in [1.29, 1.82) is 0 Å². The fraction of sp³-hybridized carbons (Fsp3) is 0.375. The van der Waals surface area contributed by atoms with E-state index in [0.717, 1.165) is 23.7 Å². The molecule has 0 saturated carbocycles. The van der Waals surface area contributed by atoms with Crippen LogP contribution in [0.2, 0.25) is 5.02 Å². The number of amides is 1. The number of nitrogens with zero attached hydrogens (tertiary/aromatic N) is 2. The Morgan fingerprint density at radius 2 is 2.00 bits per heavy atom. The van der Waals surface area contributed by atoms with Crippen molar-refractivity contribution in [1.82, 2.24) is 14.9 Å². The average molecular weight is 360 g/mol. The molecule has 0 fully saturated rings. The molecule has 2 aromatic rings. The normalized spacial score (nSPS) is 11.6. The Labute approximate surface area is 142 Å². The molecule has 130 valence electrons. The molecule has 0 aromatic carbocycles. The Kier molecular flexibility index (Phi) is 5.22. The van der Waals surface area contributed by atoms with Crippen molar-refractivity contribution in [2.75, 3.05) is 6.54 Å². The van der Waals surface area contributed by atoms with Crippen LogP contribution in [0, 0.1) is 13.8 Å². The predicted molar refractivity (Wildman–Crippen MR) is 85.2 cm³/mol. The molecule has 4 nitrogen and oxygen atoms in total. The summed E-state index contributed by atoms with van der Waals surface area (Å²) in [6, 6.07) is 2.63. The molecule has 0 bridgehead atoms. The number of carbonyl (C=O) groups is 1. The SMILES string of the molecule is Cc1cc(C(=O)NCCc2ncc(C(F)(F)F)cc2Cl)c(C)n1C. The number of hydrogen-bond acceptors (Lipinski definition) is 2. The molecule has 0 saturated heterocycles. The molecule has 8 heteroatoms. The van der Waals surface area contributed by atoms with Crippen LogP contribution in [0.25, 0.3) is 0 Å². The number of aromatic nitrogens is 2. The number of rotatable bonds is 4. The van der Waals surface area contributed by atoms with Gasteiger partial charge in [0.1, 0.15) is 0 Å². The number of hydrogen-bond donors (Lipinski definition) is 1. The summed E-state index contributed by atoms with van der Waals surface area (Å²) in [5.74, 6) is -0.237. The van der Waals surface area contributed by atoms with Gasteiger partial charge in [0.25, 0.3) is 5.91 Å². The summed E-state index contributed by atoms with van der Waals surface area (Å²) >= 11 is 5.84. The van der Waals surface area contributed by atoms with Crippen molar-refractivity contribution in [2.45, 2.75) is 26.4 Å². The van der Waals surface area contributed by atoms with Gasteiger partial charge in [0.15, 0.2) is 0 Å². The molecule has 1 N–H and O–H groups in total. The summed E-state index contributed by atoms with van der Waals surface area (Å²) in [4.78, 5) is 15.9. The molecule has 24 heavy (non-hydrogen) atoms. The standard InChI is InChI=1S/C16H17ClF3N3O/c1-9-6-12(10(2)23(9)3)15(24)21-5-4-14-13(17)7-11(8-22-14)16(18,19)20/h6-8H,4-5H2,1-3H3,(H,21,24).